The van der Waals surface area contributed by atoms with Crippen molar-refractivity contribution < 1.29 is 9.90 Å². The van der Waals surface area contributed by atoms with Crippen LogP contribution in [0.4, 0.5) is 0 Å². The van der Waals surface area contributed by atoms with Gasteiger partial charge >= 0.3 is 5.97 Å². The monoisotopic (exact) mass is 253 g/mol. The normalized spacial score (nSPS) is 12.7. The zero-order valence-electron chi connectivity index (χ0n) is 11.7. The minimum absolute atomic E-state index is 0.541. The minimum Gasteiger partial charge on any atom is -0.480 e. The minimum atomic E-state index is -0.823. The molecule has 1 unspecified atom stereocenters. The summed E-state index contributed by atoms with van der Waals surface area (Å²) in [6.07, 6.45) is 1.62. The van der Waals surface area contributed by atoms with Crippen LogP contribution in [0.5, 0.6) is 0 Å². The molecule has 1 atom stereocenters. The number of nitrogens with one attached hydrogen (secondary N) is 1. The summed E-state index contributed by atoms with van der Waals surface area (Å²) in [5.41, 5.74) is 2.98. The van der Waals surface area contributed by atoms with Crippen LogP contribution in [0, 0.1) is 13.8 Å². The summed E-state index contributed by atoms with van der Waals surface area (Å²) in [6.45, 7) is 9.56. The number of carboxylic acids is 1. The summed E-state index contributed by atoms with van der Waals surface area (Å²) in [6, 6.07) is -0.566. The van der Waals surface area contributed by atoms with E-state index in [-0.39, 0.29) is 0 Å². The van der Waals surface area contributed by atoms with Gasteiger partial charge in [0.25, 0.3) is 0 Å². The van der Waals surface area contributed by atoms with Gasteiger partial charge in [-0.25, -0.2) is 4.79 Å². The summed E-state index contributed by atoms with van der Waals surface area (Å²) in [4.78, 5) is 11.2. The SMILES string of the molecule is CCCNCc1c(C)nn(C(CC)C(=O)O)c1C. The van der Waals surface area contributed by atoms with Gasteiger partial charge in [0, 0.05) is 17.8 Å². The second-order valence-electron chi connectivity index (χ2n) is 4.53. The molecule has 0 bridgehead atoms. The van der Waals surface area contributed by atoms with Crippen LogP contribution in [0.25, 0.3) is 0 Å². The fourth-order valence-electron chi connectivity index (χ4n) is 2.10. The fourth-order valence-corrected chi connectivity index (χ4v) is 2.10. The Kier molecular flexibility index (Phi) is 5.34. The van der Waals surface area contributed by atoms with E-state index in [1.807, 2.05) is 20.8 Å². The lowest BCUT2D eigenvalue weighted by Crippen LogP contribution is -2.21. The maximum atomic E-state index is 11.2. The molecule has 2 N–H and O–H groups in total. The Morgan fingerprint density at radius 3 is 2.61 bits per heavy atom. The molecule has 1 heterocycles. The first-order chi connectivity index (χ1) is 8.52. The summed E-state index contributed by atoms with van der Waals surface area (Å²) in [5.74, 6) is -0.823. The molecule has 0 aliphatic carbocycles. The lowest BCUT2D eigenvalue weighted by atomic mass is 10.1. The third-order valence-electron chi connectivity index (χ3n) is 3.17. The molecular weight excluding hydrogens is 230 g/mol. The molecule has 102 valence electrons. The molecule has 0 amide bonds. The van der Waals surface area contributed by atoms with Crippen LogP contribution in [0.1, 0.15) is 49.7 Å². The highest BCUT2D eigenvalue weighted by molar-refractivity contribution is 5.71. The standard InChI is InChI=1S/C13H23N3O2/c1-5-7-14-8-11-9(3)15-16(10(11)4)12(6-2)13(17)18/h12,14H,5-8H2,1-4H3,(H,17,18). The van der Waals surface area contributed by atoms with Gasteiger partial charge in [0.05, 0.1) is 5.69 Å². The van der Waals surface area contributed by atoms with E-state index in [4.69, 9.17) is 0 Å². The van der Waals surface area contributed by atoms with E-state index in [0.717, 1.165) is 36.5 Å². The summed E-state index contributed by atoms with van der Waals surface area (Å²) >= 11 is 0. The molecule has 0 aromatic carbocycles. The molecular formula is C13H23N3O2. The second-order valence-corrected chi connectivity index (χ2v) is 4.53. The quantitative estimate of drug-likeness (QED) is 0.730. The topological polar surface area (TPSA) is 67.2 Å². The highest BCUT2D eigenvalue weighted by atomic mass is 16.4. The Hall–Kier alpha value is -1.36. The van der Waals surface area contributed by atoms with E-state index in [1.165, 1.54) is 0 Å². The van der Waals surface area contributed by atoms with Gasteiger partial charge in [-0.2, -0.15) is 5.10 Å². The Balaban J connectivity index is 2.95. The van der Waals surface area contributed by atoms with E-state index < -0.39 is 12.0 Å². The predicted octanol–water partition coefficient (Wildman–Crippen LogP) is 2.04. The number of carboxylic acid groups (broad SMARTS) is 1. The molecule has 1 rings (SSSR count). The Labute approximate surface area is 108 Å². The highest BCUT2D eigenvalue weighted by Gasteiger charge is 2.22. The zero-order chi connectivity index (χ0) is 13.7. The van der Waals surface area contributed by atoms with E-state index in [1.54, 1.807) is 4.68 Å². The molecule has 0 aliphatic rings. The van der Waals surface area contributed by atoms with Gasteiger partial charge in [0.2, 0.25) is 0 Å². The van der Waals surface area contributed by atoms with Crippen molar-refractivity contribution in [1.29, 1.82) is 0 Å². The van der Waals surface area contributed by atoms with Crippen LogP contribution < -0.4 is 5.32 Å². The van der Waals surface area contributed by atoms with Gasteiger partial charge in [-0.05, 0) is 33.2 Å². The molecule has 1 aromatic rings. The molecule has 0 fully saturated rings. The number of hydrogen-bond acceptors (Lipinski definition) is 3. The molecule has 1 aromatic heterocycles. The smallest absolute Gasteiger partial charge is 0.328 e. The molecule has 0 aliphatic heterocycles. The average molecular weight is 253 g/mol. The first kappa shape index (κ1) is 14.7. The third-order valence-corrected chi connectivity index (χ3v) is 3.17. The lowest BCUT2D eigenvalue weighted by Gasteiger charge is -2.13. The van der Waals surface area contributed by atoms with Crippen molar-refractivity contribution in [3.8, 4) is 0 Å². The first-order valence-corrected chi connectivity index (χ1v) is 6.50. The molecule has 0 spiro atoms. The third kappa shape index (κ3) is 3.10. The van der Waals surface area contributed by atoms with E-state index in [2.05, 4.69) is 17.3 Å². The lowest BCUT2D eigenvalue weighted by molar-refractivity contribution is -0.141. The maximum Gasteiger partial charge on any atom is 0.328 e. The molecule has 0 radical (unpaired) electrons. The van der Waals surface area contributed by atoms with Crippen molar-refractivity contribution in [1.82, 2.24) is 15.1 Å². The van der Waals surface area contributed by atoms with Crippen molar-refractivity contribution in [2.45, 2.75) is 53.1 Å². The summed E-state index contributed by atoms with van der Waals surface area (Å²) < 4.78 is 1.64. The number of aromatic nitrogens is 2. The molecule has 0 saturated carbocycles. The number of hydrogen-bond donors (Lipinski definition) is 2. The van der Waals surface area contributed by atoms with Crippen molar-refractivity contribution in [3.63, 3.8) is 0 Å². The number of nitrogens with zero attached hydrogens (tertiary/aromatic N) is 2. The van der Waals surface area contributed by atoms with E-state index >= 15 is 0 Å². The number of aliphatic carboxylic acids is 1. The Bertz CT molecular complexity index is 413. The van der Waals surface area contributed by atoms with Gasteiger partial charge in [0.15, 0.2) is 0 Å². The number of carbonyl (C=O) groups is 1. The van der Waals surface area contributed by atoms with Crippen molar-refractivity contribution >= 4 is 5.97 Å². The predicted molar refractivity (Wildman–Crippen MR) is 70.7 cm³/mol. The zero-order valence-corrected chi connectivity index (χ0v) is 11.7. The summed E-state index contributed by atoms with van der Waals surface area (Å²) in [5, 5.41) is 16.9. The summed E-state index contributed by atoms with van der Waals surface area (Å²) in [7, 11) is 0. The molecule has 18 heavy (non-hydrogen) atoms. The largest absolute Gasteiger partial charge is 0.480 e. The number of aryl methyl sites for hydroxylation is 1. The highest BCUT2D eigenvalue weighted by Crippen LogP contribution is 2.19. The van der Waals surface area contributed by atoms with Crippen LogP contribution in [0.15, 0.2) is 0 Å². The van der Waals surface area contributed by atoms with Gasteiger partial charge in [-0.15, -0.1) is 0 Å². The van der Waals surface area contributed by atoms with Gasteiger partial charge in [-0.3, -0.25) is 4.68 Å². The van der Waals surface area contributed by atoms with Gasteiger partial charge in [-0.1, -0.05) is 13.8 Å². The van der Waals surface area contributed by atoms with Crippen molar-refractivity contribution in [2.75, 3.05) is 6.54 Å². The number of rotatable bonds is 7. The van der Waals surface area contributed by atoms with Crippen LogP contribution in [0.3, 0.4) is 0 Å². The van der Waals surface area contributed by atoms with Crippen molar-refractivity contribution in [2.24, 2.45) is 0 Å². The van der Waals surface area contributed by atoms with Crippen LogP contribution in [-0.4, -0.2) is 27.4 Å². The molecule has 0 saturated heterocycles. The molecule has 5 heteroatoms. The van der Waals surface area contributed by atoms with Crippen LogP contribution in [-0.2, 0) is 11.3 Å². The van der Waals surface area contributed by atoms with Crippen LogP contribution in [0.2, 0.25) is 0 Å². The van der Waals surface area contributed by atoms with Crippen molar-refractivity contribution in [3.05, 3.63) is 17.0 Å². The Morgan fingerprint density at radius 2 is 2.11 bits per heavy atom. The van der Waals surface area contributed by atoms with E-state index in [9.17, 15) is 9.90 Å². The average Bonchev–Trinajstić information content (AvgIpc) is 2.58. The second kappa shape index (κ2) is 6.54. The van der Waals surface area contributed by atoms with E-state index in [0.29, 0.717) is 6.42 Å². The fraction of sp³-hybridized carbons (Fsp3) is 0.692. The Morgan fingerprint density at radius 1 is 1.44 bits per heavy atom. The van der Waals surface area contributed by atoms with Crippen LogP contribution >= 0.6 is 0 Å². The molecule has 5 nitrogen and oxygen atoms in total. The van der Waals surface area contributed by atoms with Gasteiger partial charge < -0.3 is 10.4 Å². The first-order valence-electron chi connectivity index (χ1n) is 6.50. The van der Waals surface area contributed by atoms with Gasteiger partial charge in [0.1, 0.15) is 6.04 Å². The maximum absolute atomic E-state index is 11.2.